The van der Waals surface area contributed by atoms with Gasteiger partial charge in [0.1, 0.15) is 0 Å². The van der Waals surface area contributed by atoms with E-state index in [1.54, 1.807) is 0 Å². The van der Waals surface area contributed by atoms with E-state index in [1.165, 1.54) is 6.07 Å². The maximum Gasteiger partial charge on any atom is 0.241 e. The first kappa shape index (κ1) is 18.9. The van der Waals surface area contributed by atoms with Crippen molar-refractivity contribution in [2.24, 2.45) is 0 Å². The molecule has 0 saturated heterocycles. The summed E-state index contributed by atoms with van der Waals surface area (Å²) in [5, 5.41) is 3.71. The van der Waals surface area contributed by atoms with Crippen LogP contribution in [0, 0.1) is 6.92 Å². The van der Waals surface area contributed by atoms with Crippen LogP contribution in [0.15, 0.2) is 47.4 Å². The maximum absolute atomic E-state index is 12.7. The molecule has 2 rings (SSSR count). The van der Waals surface area contributed by atoms with E-state index < -0.39 is 10.0 Å². The van der Waals surface area contributed by atoms with Crippen molar-refractivity contribution in [1.82, 2.24) is 10.0 Å². The summed E-state index contributed by atoms with van der Waals surface area (Å²) >= 11 is 6.14. The van der Waals surface area contributed by atoms with Gasteiger partial charge in [0.15, 0.2) is 0 Å². The van der Waals surface area contributed by atoms with Crippen LogP contribution in [0.25, 0.3) is 0 Å². The lowest BCUT2D eigenvalue weighted by Crippen LogP contribution is -2.25. The summed E-state index contributed by atoms with van der Waals surface area (Å²) in [6.45, 7) is 5.62. The number of hydrogen-bond donors (Lipinski definition) is 2. The third kappa shape index (κ3) is 5.05. The molecule has 0 aliphatic rings. The van der Waals surface area contributed by atoms with Crippen molar-refractivity contribution < 1.29 is 8.42 Å². The highest BCUT2D eigenvalue weighted by Crippen LogP contribution is 2.24. The topological polar surface area (TPSA) is 58.2 Å². The van der Waals surface area contributed by atoms with Gasteiger partial charge in [-0.15, -0.1) is 0 Å². The van der Waals surface area contributed by atoms with Crippen LogP contribution in [0.4, 0.5) is 0 Å². The number of benzene rings is 2. The standard InChI is InChI=1S/C18H23ClN2O2S/c1-3-9-20-13-16-10-17(19)11-18(14(16)2)24(22,23)21-12-15-7-5-4-6-8-15/h4-8,10-11,20-21H,3,9,12-13H2,1-2H3. The molecule has 130 valence electrons. The second kappa shape index (κ2) is 8.62. The highest BCUT2D eigenvalue weighted by Gasteiger charge is 2.19. The van der Waals surface area contributed by atoms with Crippen molar-refractivity contribution >= 4 is 21.6 Å². The van der Waals surface area contributed by atoms with Gasteiger partial charge in [-0.1, -0.05) is 48.9 Å². The summed E-state index contributed by atoms with van der Waals surface area (Å²) in [5.74, 6) is 0. The van der Waals surface area contributed by atoms with E-state index in [4.69, 9.17) is 11.6 Å². The zero-order chi connectivity index (χ0) is 17.6. The number of rotatable bonds is 8. The van der Waals surface area contributed by atoms with E-state index in [0.29, 0.717) is 11.6 Å². The smallest absolute Gasteiger partial charge is 0.241 e. The van der Waals surface area contributed by atoms with Gasteiger partial charge >= 0.3 is 0 Å². The zero-order valence-electron chi connectivity index (χ0n) is 14.0. The second-order valence-electron chi connectivity index (χ2n) is 5.67. The molecule has 0 aliphatic carbocycles. The molecule has 0 radical (unpaired) electrons. The van der Waals surface area contributed by atoms with Gasteiger partial charge < -0.3 is 5.32 Å². The van der Waals surface area contributed by atoms with Crippen LogP contribution in [-0.4, -0.2) is 15.0 Å². The molecular weight excluding hydrogens is 344 g/mol. The monoisotopic (exact) mass is 366 g/mol. The lowest BCUT2D eigenvalue weighted by molar-refractivity contribution is 0.580. The number of nitrogens with one attached hydrogen (secondary N) is 2. The third-order valence-electron chi connectivity index (χ3n) is 3.77. The first-order valence-electron chi connectivity index (χ1n) is 7.97. The molecule has 2 aromatic rings. The highest BCUT2D eigenvalue weighted by molar-refractivity contribution is 7.89. The zero-order valence-corrected chi connectivity index (χ0v) is 15.5. The molecule has 0 amide bonds. The molecule has 2 aromatic carbocycles. The van der Waals surface area contributed by atoms with Gasteiger partial charge in [-0.3, -0.25) is 0 Å². The fraction of sp³-hybridized carbons (Fsp3) is 0.333. The first-order chi connectivity index (χ1) is 11.4. The Kier molecular flexibility index (Phi) is 6.80. The van der Waals surface area contributed by atoms with Gasteiger partial charge in [0.25, 0.3) is 0 Å². The quantitative estimate of drug-likeness (QED) is 0.701. The van der Waals surface area contributed by atoms with Crippen molar-refractivity contribution in [2.45, 2.75) is 38.3 Å². The summed E-state index contributed by atoms with van der Waals surface area (Å²) in [6, 6.07) is 12.7. The van der Waals surface area contributed by atoms with Crippen LogP contribution in [0.2, 0.25) is 5.02 Å². The second-order valence-corrected chi connectivity index (χ2v) is 7.85. The van der Waals surface area contributed by atoms with Gasteiger partial charge in [0, 0.05) is 18.1 Å². The predicted molar refractivity (Wildman–Crippen MR) is 98.7 cm³/mol. The molecule has 0 bridgehead atoms. The lowest BCUT2D eigenvalue weighted by atomic mass is 10.1. The molecule has 2 N–H and O–H groups in total. The average molecular weight is 367 g/mol. The Morgan fingerprint density at radius 3 is 2.46 bits per heavy atom. The summed E-state index contributed by atoms with van der Waals surface area (Å²) in [4.78, 5) is 0.235. The molecule has 0 aromatic heterocycles. The highest BCUT2D eigenvalue weighted by atomic mass is 35.5. The minimum Gasteiger partial charge on any atom is -0.313 e. The van der Waals surface area contributed by atoms with Crippen LogP contribution in [0.5, 0.6) is 0 Å². The fourth-order valence-electron chi connectivity index (χ4n) is 2.42. The molecule has 0 saturated carbocycles. The molecule has 4 nitrogen and oxygen atoms in total. The van der Waals surface area contributed by atoms with Crippen molar-refractivity contribution in [1.29, 1.82) is 0 Å². The summed E-state index contributed by atoms with van der Waals surface area (Å²) in [5.41, 5.74) is 2.53. The van der Waals surface area contributed by atoms with Crippen molar-refractivity contribution in [3.8, 4) is 0 Å². The Bertz CT molecular complexity index is 777. The van der Waals surface area contributed by atoms with Gasteiger partial charge in [-0.2, -0.15) is 0 Å². The molecule has 24 heavy (non-hydrogen) atoms. The number of hydrogen-bond acceptors (Lipinski definition) is 3. The Morgan fingerprint density at radius 2 is 1.79 bits per heavy atom. The SMILES string of the molecule is CCCNCc1cc(Cl)cc(S(=O)(=O)NCc2ccccc2)c1C. The predicted octanol–water partition coefficient (Wildman–Crippen LogP) is 3.63. The normalized spacial score (nSPS) is 11.6. The summed E-state index contributed by atoms with van der Waals surface area (Å²) in [6.07, 6.45) is 1.02. The summed E-state index contributed by atoms with van der Waals surface area (Å²) in [7, 11) is -3.63. The minimum absolute atomic E-state index is 0.235. The largest absolute Gasteiger partial charge is 0.313 e. The van der Waals surface area contributed by atoms with E-state index >= 15 is 0 Å². The number of sulfonamides is 1. The van der Waals surface area contributed by atoms with Crippen LogP contribution < -0.4 is 10.0 Å². The van der Waals surface area contributed by atoms with Crippen molar-refractivity contribution in [2.75, 3.05) is 6.54 Å². The van der Waals surface area contributed by atoms with Gasteiger partial charge in [0.2, 0.25) is 10.0 Å². The molecule has 6 heteroatoms. The van der Waals surface area contributed by atoms with Crippen LogP contribution in [0.1, 0.15) is 30.0 Å². The average Bonchev–Trinajstić information content (AvgIpc) is 2.57. The van der Waals surface area contributed by atoms with Gasteiger partial charge in [-0.25, -0.2) is 13.1 Å². The van der Waals surface area contributed by atoms with Crippen molar-refractivity contribution in [3.05, 3.63) is 64.2 Å². The summed E-state index contributed by atoms with van der Waals surface area (Å²) < 4.78 is 28.0. The Labute approximate surface area is 149 Å². The molecule has 0 fully saturated rings. The lowest BCUT2D eigenvalue weighted by Gasteiger charge is -2.14. The minimum atomic E-state index is -3.63. The van der Waals surface area contributed by atoms with E-state index in [1.807, 2.05) is 43.3 Å². The van der Waals surface area contributed by atoms with Crippen molar-refractivity contribution in [3.63, 3.8) is 0 Å². The van der Waals surface area contributed by atoms with Crippen LogP contribution in [0.3, 0.4) is 0 Å². The van der Waals surface area contributed by atoms with E-state index in [0.717, 1.165) is 29.7 Å². The van der Waals surface area contributed by atoms with Crippen LogP contribution >= 0.6 is 11.6 Å². The molecule has 0 spiro atoms. The molecule has 0 aliphatic heterocycles. The first-order valence-corrected chi connectivity index (χ1v) is 9.83. The Balaban J connectivity index is 2.22. The number of halogens is 1. The molecule has 0 unspecified atom stereocenters. The Morgan fingerprint density at radius 1 is 1.08 bits per heavy atom. The molecule has 0 atom stereocenters. The Hall–Kier alpha value is -1.40. The van der Waals surface area contributed by atoms with E-state index in [9.17, 15) is 8.42 Å². The molecule has 0 heterocycles. The molecular formula is C18H23ClN2O2S. The van der Waals surface area contributed by atoms with Crippen LogP contribution in [-0.2, 0) is 23.1 Å². The van der Waals surface area contributed by atoms with E-state index in [2.05, 4.69) is 17.0 Å². The fourth-order valence-corrected chi connectivity index (χ4v) is 4.06. The maximum atomic E-state index is 12.7. The van der Waals surface area contributed by atoms with E-state index in [-0.39, 0.29) is 11.4 Å². The third-order valence-corrected chi connectivity index (χ3v) is 5.52. The van der Waals surface area contributed by atoms with Gasteiger partial charge in [0.05, 0.1) is 4.90 Å². The van der Waals surface area contributed by atoms with Gasteiger partial charge in [-0.05, 0) is 48.7 Å².